The van der Waals surface area contributed by atoms with Crippen LogP contribution in [0.2, 0.25) is 0 Å². The molecule has 0 aliphatic heterocycles. The van der Waals surface area contributed by atoms with Gasteiger partial charge in [0, 0.05) is 46.3 Å². The molecule has 6 aromatic rings. The number of esters is 1. The lowest BCUT2D eigenvalue weighted by Gasteiger charge is -2.47. The molecule has 2 spiro atoms. The molecule has 0 radical (unpaired) electrons. The Morgan fingerprint density at radius 2 is 1.72 bits per heavy atom. The highest BCUT2D eigenvalue weighted by Gasteiger charge is 2.99. The number of hydrogen-bond acceptors (Lipinski definition) is 2. The summed E-state index contributed by atoms with van der Waals surface area (Å²) < 4.78 is 5.32. The Balaban J connectivity index is 1.12. The van der Waals surface area contributed by atoms with E-state index in [0.29, 0.717) is 41.9 Å². The van der Waals surface area contributed by atoms with Crippen LogP contribution in [0.5, 0.6) is 0 Å². The molecule has 0 saturated heterocycles. The van der Waals surface area contributed by atoms with Crippen molar-refractivity contribution in [2.45, 2.75) is 61.7 Å². The van der Waals surface area contributed by atoms with Crippen molar-refractivity contribution < 1.29 is 9.53 Å². The number of carbonyl (C=O) groups excluding carboxylic acids is 1. The standard InChI is InChI=1S/C51H32O2/c1-53-29(52)8-5-9-49(27-6-3-2-4-7-27)50-28-17-25-15-21-13-22-11-19-10-20-12-23-14-24-16-26(18-28)46-36(24)40-34(23)38-31(20)30(19)37-33(22)39-32(21)35(25)47(50)45-43(39)41(37)42(38)44(40)48(45)51(46,49)50/h2-4,6-7,10,12-14,16-17,22,26,33,46-48H,5,8-9,11,15,18H2,1H3. The maximum absolute atomic E-state index is 12.9. The van der Waals surface area contributed by atoms with Gasteiger partial charge in [-0.05, 0) is 177 Å². The van der Waals surface area contributed by atoms with Gasteiger partial charge in [0.05, 0.1) is 7.11 Å². The summed E-state index contributed by atoms with van der Waals surface area (Å²) in [6, 6.07) is 19.8. The molecule has 2 nitrogen and oxygen atoms in total. The first-order valence-corrected chi connectivity index (χ1v) is 20.5. The third kappa shape index (κ3) is 1.85. The zero-order valence-corrected chi connectivity index (χ0v) is 29.4. The minimum atomic E-state index is -0.0635. The molecular weight excluding hydrogens is 645 g/mol. The SMILES string of the molecule is COC(=O)CCCC1(c2ccccc2)C23C4=CC5=C6C7=C8C9=C(C62)C2c6c%10c%11c(cc%12cc%13cc%14c%15c(c9c6c(c%13%15)c%12%10)C8C(C=C7C5)C%14)=CC(C4)C%11C213. The number of rotatable bonds is 5. The first kappa shape index (κ1) is 25.1. The van der Waals surface area contributed by atoms with Crippen molar-refractivity contribution in [3.63, 3.8) is 0 Å². The third-order valence-electron chi connectivity index (χ3n) is 18.7. The van der Waals surface area contributed by atoms with Gasteiger partial charge in [-0.3, -0.25) is 4.79 Å². The predicted molar refractivity (Wildman–Crippen MR) is 206 cm³/mol. The second-order valence-electron chi connectivity index (χ2n) is 19.4. The molecule has 18 rings (SSSR count). The second-order valence-corrected chi connectivity index (χ2v) is 19.4. The first-order chi connectivity index (χ1) is 26.1. The summed E-state index contributed by atoms with van der Waals surface area (Å²) in [6.45, 7) is 0. The molecule has 0 heterocycles. The Bertz CT molecular complexity index is 3320. The van der Waals surface area contributed by atoms with Gasteiger partial charge in [0.25, 0.3) is 0 Å². The van der Waals surface area contributed by atoms with E-state index in [1.54, 1.807) is 117 Å². The van der Waals surface area contributed by atoms with Crippen LogP contribution in [0.1, 0.15) is 83.2 Å². The number of carbonyl (C=O) groups is 1. The fraction of sp³-hybridized carbons (Fsp3) is 0.314. The van der Waals surface area contributed by atoms with Crippen LogP contribution in [0.15, 0.2) is 99.7 Å². The summed E-state index contributed by atoms with van der Waals surface area (Å²) >= 11 is 0. The van der Waals surface area contributed by atoms with Crippen molar-refractivity contribution in [1.82, 2.24) is 0 Å². The maximum atomic E-state index is 12.9. The van der Waals surface area contributed by atoms with E-state index in [1.807, 2.05) is 5.57 Å². The quantitative estimate of drug-likeness (QED) is 0.134. The molecule has 12 aliphatic rings. The van der Waals surface area contributed by atoms with Gasteiger partial charge in [0.2, 0.25) is 0 Å². The zero-order valence-electron chi connectivity index (χ0n) is 29.4. The van der Waals surface area contributed by atoms with Gasteiger partial charge in [0.1, 0.15) is 0 Å². The van der Waals surface area contributed by atoms with Crippen LogP contribution in [0.4, 0.5) is 0 Å². The Hall–Kier alpha value is -4.95. The summed E-state index contributed by atoms with van der Waals surface area (Å²) in [5.41, 5.74) is 24.1. The molecule has 6 aromatic carbocycles. The molecule has 0 bridgehead atoms. The van der Waals surface area contributed by atoms with E-state index in [1.165, 1.54) is 23.6 Å². The van der Waals surface area contributed by atoms with Crippen molar-refractivity contribution in [1.29, 1.82) is 0 Å². The van der Waals surface area contributed by atoms with Crippen molar-refractivity contribution in [2.24, 2.45) is 28.6 Å². The Morgan fingerprint density at radius 3 is 2.62 bits per heavy atom. The minimum absolute atomic E-state index is 0.0227. The lowest BCUT2D eigenvalue weighted by molar-refractivity contribution is -0.140. The molecule has 9 unspecified atom stereocenters. The van der Waals surface area contributed by atoms with E-state index in [9.17, 15) is 4.79 Å². The topological polar surface area (TPSA) is 26.3 Å². The van der Waals surface area contributed by atoms with Gasteiger partial charge in [0.15, 0.2) is 0 Å². The van der Waals surface area contributed by atoms with Crippen LogP contribution in [0.3, 0.4) is 0 Å². The van der Waals surface area contributed by atoms with Gasteiger partial charge >= 0.3 is 5.97 Å². The molecule has 248 valence electrons. The van der Waals surface area contributed by atoms with Crippen molar-refractivity contribution in [2.75, 3.05) is 7.11 Å². The number of hydrogen-bond donors (Lipinski definition) is 0. The molecule has 2 heteroatoms. The minimum Gasteiger partial charge on any atom is -0.469 e. The Kier molecular flexibility index (Phi) is 3.23. The molecule has 3 saturated carbocycles. The molecule has 9 atom stereocenters. The molecule has 0 amide bonds. The van der Waals surface area contributed by atoms with E-state index in [4.69, 9.17) is 4.74 Å². The summed E-state index contributed by atoms with van der Waals surface area (Å²) in [6.07, 6.45) is 14.3. The Labute approximate surface area is 304 Å². The van der Waals surface area contributed by atoms with Crippen LogP contribution in [-0.2, 0) is 21.4 Å². The van der Waals surface area contributed by atoms with Gasteiger partial charge in [-0.25, -0.2) is 0 Å². The number of ether oxygens (including phenoxy) is 1. The van der Waals surface area contributed by atoms with E-state index in [2.05, 4.69) is 66.8 Å². The monoisotopic (exact) mass is 676 g/mol. The van der Waals surface area contributed by atoms with Crippen LogP contribution >= 0.6 is 0 Å². The number of allylic oxidation sites excluding steroid dienone is 10. The van der Waals surface area contributed by atoms with Crippen LogP contribution < -0.4 is 5.22 Å². The fourth-order valence-electron chi connectivity index (χ4n) is 18.6. The molecule has 12 aliphatic carbocycles. The summed E-state index contributed by atoms with van der Waals surface area (Å²) in [4.78, 5) is 12.9. The Morgan fingerprint density at radius 1 is 0.830 bits per heavy atom. The molecular formula is C51H32O2. The maximum Gasteiger partial charge on any atom is 0.305 e. The first-order valence-electron chi connectivity index (χ1n) is 20.5. The van der Waals surface area contributed by atoms with Crippen molar-refractivity contribution in [3.8, 4) is 0 Å². The number of benzene rings is 4. The van der Waals surface area contributed by atoms with Gasteiger partial charge in [-0.1, -0.05) is 60.2 Å². The lowest BCUT2D eigenvalue weighted by Crippen LogP contribution is -2.38. The van der Waals surface area contributed by atoms with Gasteiger partial charge < -0.3 is 4.74 Å². The number of methoxy groups -OCH3 is 1. The summed E-state index contributed by atoms with van der Waals surface area (Å²) in [7, 11) is 1.56. The van der Waals surface area contributed by atoms with E-state index >= 15 is 0 Å². The molecule has 3 fully saturated rings. The predicted octanol–water partition coefficient (Wildman–Crippen LogP) is 9.71. The average Bonchev–Trinajstić information content (AvgIpc) is 3.88. The largest absolute Gasteiger partial charge is 0.469 e. The van der Waals surface area contributed by atoms with E-state index in [0.717, 1.165) is 19.3 Å². The van der Waals surface area contributed by atoms with Crippen molar-refractivity contribution >= 4 is 60.7 Å². The smallest absolute Gasteiger partial charge is 0.305 e. The zero-order chi connectivity index (χ0) is 33.5. The molecule has 0 aromatic heterocycles. The van der Waals surface area contributed by atoms with E-state index in [-0.39, 0.29) is 22.2 Å². The highest BCUT2D eigenvalue weighted by molar-refractivity contribution is 6.40. The molecule has 53 heavy (non-hydrogen) atoms. The van der Waals surface area contributed by atoms with Gasteiger partial charge in [-0.2, -0.15) is 0 Å². The van der Waals surface area contributed by atoms with Gasteiger partial charge in [-0.15, -0.1) is 0 Å². The van der Waals surface area contributed by atoms with Crippen LogP contribution in [0.25, 0.3) is 54.7 Å². The van der Waals surface area contributed by atoms with Crippen molar-refractivity contribution in [3.05, 3.63) is 138 Å². The second kappa shape index (κ2) is 6.81. The van der Waals surface area contributed by atoms with Crippen LogP contribution in [0, 0.1) is 28.6 Å². The lowest BCUT2D eigenvalue weighted by atomic mass is 9.55. The highest BCUT2D eigenvalue weighted by atomic mass is 16.5. The fourth-order valence-corrected chi connectivity index (χ4v) is 18.6. The van der Waals surface area contributed by atoms with E-state index < -0.39 is 0 Å². The summed E-state index contributed by atoms with van der Waals surface area (Å²) in [5.74, 6) is 2.87. The van der Waals surface area contributed by atoms with Crippen LogP contribution in [-0.4, -0.2) is 13.1 Å². The normalized spacial score (nSPS) is 38.4. The third-order valence-corrected chi connectivity index (χ3v) is 18.7. The summed E-state index contributed by atoms with van der Waals surface area (Å²) in [5, 5.41) is 14.4. The highest BCUT2D eigenvalue weighted by Crippen LogP contribution is 3.04. The molecule has 0 N–H and O–H groups in total. The average molecular weight is 677 g/mol.